The monoisotopic (exact) mass is 224 g/mol. The summed E-state index contributed by atoms with van der Waals surface area (Å²) >= 11 is 0. The first-order chi connectivity index (χ1) is 8.27. The highest BCUT2D eigenvalue weighted by atomic mass is 15.3. The molecule has 3 rings (SSSR count). The van der Waals surface area contributed by atoms with Gasteiger partial charge in [0.05, 0.1) is 22.6 Å². The van der Waals surface area contributed by atoms with E-state index in [1.165, 1.54) is 0 Å². The van der Waals surface area contributed by atoms with Crippen LogP contribution in [0.1, 0.15) is 11.4 Å². The van der Waals surface area contributed by atoms with Crippen LogP contribution in [-0.4, -0.2) is 19.7 Å². The number of hydrogen-bond acceptors (Lipinski definition) is 3. The van der Waals surface area contributed by atoms with Crippen LogP contribution in [0.4, 0.5) is 0 Å². The largest absolute Gasteiger partial charge is 0.264 e. The van der Waals surface area contributed by atoms with E-state index in [0.29, 0.717) is 0 Å². The topological polar surface area (TPSA) is 43.6 Å². The van der Waals surface area contributed by atoms with Crippen LogP contribution in [0.3, 0.4) is 0 Å². The number of aryl methyl sites for hydroxylation is 2. The van der Waals surface area contributed by atoms with E-state index in [2.05, 4.69) is 15.1 Å². The molecule has 0 aliphatic heterocycles. The average molecular weight is 224 g/mol. The van der Waals surface area contributed by atoms with Gasteiger partial charge in [0, 0.05) is 24.0 Å². The molecule has 3 heterocycles. The summed E-state index contributed by atoms with van der Waals surface area (Å²) in [7, 11) is 0. The zero-order chi connectivity index (χ0) is 11.8. The Labute approximate surface area is 98.9 Å². The van der Waals surface area contributed by atoms with E-state index < -0.39 is 0 Å². The molecule has 84 valence electrons. The van der Waals surface area contributed by atoms with Crippen LogP contribution in [-0.2, 0) is 0 Å². The number of nitrogens with zero attached hydrogens (tertiary/aromatic N) is 4. The van der Waals surface area contributed by atoms with Gasteiger partial charge in [-0.25, -0.2) is 4.68 Å². The molecule has 0 saturated carbocycles. The van der Waals surface area contributed by atoms with Gasteiger partial charge in [0.2, 0.25) is 0 Å². The molecule has 0 unspecified atom stereocenters. The fourth-order valence-corrected chi connectivity index (χ4v) is 1.98. The highest BCUT2D eigenvalue weighted by Crippen LogP contribution is 2.20. The number of hydrogen-bond donors (Lipinski definition) is 0. The minimum Gasteiger partial charge on any atom is -0.264 e. The first-order valence-corrected chi connectivity index (χ1v) is 5.49. The summed E-state index contributed by atoms with van der Waals surface area (Å²) in [6, 6.07) is 5.87. The summed E-state index contributed by atoms with van der Waals surface area (Å²) in [5, 5.41) is 5.66. The van der Waals surface area contributed by atoms with Gasteiger partial charge >= 0.3 is 0 Å². The van der Waals surface area contributed by atoms with Gasteiger partial charge in [-0.1, -0.05) is 0 Å². The van der Waals surface area contributed by atoms with Crippen molar-refractivity contribution in [3.8, 4) is 5.69 Å². The smallest absolute Gasteiger partial charge is 0.0961 e. The van der Waals surface area contributed by atoms with E-state index in [0.717, 1.165) is 28.0 Å². The minimum absolute atomic E-state index is 0.959. The highest BCUT2D eigenvalue weighted by molar-refractivity contribution is 5.80. The molecule has 0 atom stereocenters. The van der Waals surface area contributed by atoms with E-state index in [1.807, 2.05) is 42.9 Å². The Hall–Kier alpha value is -2.23. The Kier molecular flexibility index (Phi) is 2.14. The molecule has 0 amide bonds. The highest BCUT2D eigenvalue weighted by Gasteiger charge is 2.10. The molecule has 4 nitrogen and oxygen atoms in total. The van der Waals surface area contributed by atoms with Crippen molar-refractivity contribution in [2.45, 2.75) is 13.8 Å². The first-order valence-electron chi connectivity index (χ1n) is 5.49. The standard InChI is InChI=1S/C13H12N4/c1-9-13(4-3-6-15-9)17-10(2)11-8-14-7-5-12(11)16-17/h3-8H,1-2H3. The Morgan fingerprint density at radius 1 is 1.12 bits per heavy atom. The van der Waals surface area contributed by atoms with Crippen molar-refractivity contribution in [3.05, 3.63) is 48.2 Å². The van der Waals surface area contributed by atoms with E-state index in [9.17, 15) is 0 Å². The zero-order valence-electron chi connectivity index (χ0n) is 9.75. The lowest BCUT2D eigenvalue weighted by Crippen LogP contribution is -2.02. The molecule has 0 fully saturated rings. The molecule has 4 heteroatoms. The van der Waals surface area contributed by atoms with Crippen LogP contribution in [0.2, 0.25) is 0 Å². The molecule has 0 spiro atoms. The lowest BCUT2D eigenvalue weighted by Gasteiger charge is -2.06. The maximum absolute atomic E-state index is 4.58. The van der Waals surface area contributed by atoms with Gasteiger partial charge in [0.15, 0.2) is 0 Å². The van der Waals surface area contributed by atoms with Gasteiger partial charge in [0.25, 0.3) is 0 Å². The molecule has 0 radical (unpaired) electrons. The van der Waals surface area contributed by atoms with Gasteiger partial charge in [0.1, 0.15) is 0 Å². The van der Waals surface area contributed by atoms with Crippen molar-refractivity contribution in [2.75, 3.05) is 0 Å². The van der Waals surface area contributed by atoms with Crippen LogP contribution in [0.5, 0.6) is 0 Å². The third-order valence-corrected chi connectivity index (χ3v) is 2.92. The van der Waals surface area contributed by atoms with Gasteiger partial charge in [-0.3, -0.25) is 9.97 Å². The molecule has 0 aliphatic rings. The second-order valence-electron chi connectivity index (χ2n) is 4.00. The Bertz CT molecular complexity index is 685. The third-order valence-electron chi connectivity index (χ3n) is 2.92. The van der Waals surface area contributed by atoms with Gasteiger partial charge < -0.3 is 0 Å². The summed E-state index contributed by atoms with van der Waals surface area (Å²) in [6.07, 6.45) is 5.40. The summed E-state index contributed by atoms with van der Waals surface area (Å²) in [6.45, 7) is 4.03. The molecule has 0 aliphatic carbocycles. The number of rotatable bonds is 1. The summed E-state index contributed by atoms with van der Waals surface area (Å²) in [4.78, 5) is 8.42. The van der Waals surface area contributed by atoms with Crippen molar-refractivity contribution in [2.24, 2.45) is 0 Å². The maximum atomic E-state index is 4.58. The van der Waals surface area contributed by atoms with E-state index in [4.69, 9.17) is 0 Å². The van der Waals surface area contributed by atoms with Crippen molar-refractivity contribution in [3.63, 3.8) is 0 Å². The maximum Gasteiger partial charge on any atom is 0.0961 e. The van der Waals surface area contributed by atoms with Crippen molar-refractivity contribution in [1.82, 2.24) is 19.7 Å². The summed E-state index contributed by atoms with van der Waals surface area (Å²) < 4.78 is 1.93. The zero-order valence-corrected chi connectivity index (χ0v) is 9.75. The third kappa shape index (κ3) is 1.49. The fraction of sp³-hybridized carbons (Fsp3) is 0.154. The molecule has 3 aromatic rings. The quantitative estimate of drug-likeness (QED) is 0.637. The van der Waals surface area contributed by atoms with Crippen LogP contribution >= 0.6 is 0 Å². The SMILES string of the molecule is Cc1ncccc1-n1nc2ccncc2c1C. The van der Waals surface area contributed by atoms with Gasteiger partial charge in [-0.15, -0.1) is 0 Å². The second kappa shape index (κ2) is 3.66. The molecular weight excluding hydrogens is 212 g/mol. The number of pyridine rings is 2. The fourth-order valence-electron chi connectivity index (χ4n) is 1.98. The molecule has 0 bridgehead atoms. The number of aromatic nitrogens is 4. The summed E-state index contributed by atoms with van der Waals surface area (Å²) in [5.74, 6) is 0. The lowest BCUT2D eigenvalue weighted by molar-refractivity contribution is 0.844. The van der Waals surface area contributed by atoms with Crippen LogP contribution < -0.4 is 0 Å². The van der Waals surface area contributed by atoms with E-state index in [-0.39, 0.29) is 0 Å². The van der Waals surface area contributed by atoms with Gasteiger partial charge in [-0.05, 0) is 32.0 Å². The van der Waals surface area contributed by atoms with Gasteiger partial charge in [-0.2, -0.15) is 5.10 Å². The normalized spacial score (nSPS) is 10.9. The molecule has 3 aromatic heterocycles. The van der Waals surface area contributed by atoms with Crippen LogP contribution in [0.25, 0.3) is 16.6 Å². The molecular formula is C13H12N4. The van der Waals surface area contributed by atoms with E-state index in [1.54, 1.807) is 12.4 Å². The average Bonchev–Trinajstić information content (AvgIpc) is 2.68. The van der Waals surface area contributed by atoms with Crippen molar-refractivity contribution >= 4 is 10.9 Å². The van der Waals surface area contributed by atoms with E-state index >= 15 is 0 Å². The molecule has 0 saturated heterocycles. The predicted molar refractivity (Wildman–Crippen MR) is 66.1 cm³/mol. The van der Waals surface area contributed by atoms with Crippen molar-refractivity contribution in [1.29, 1.82) is 0 Å². The van der Waals surface area contributed by atoms with Crippen molar-refractivity contribution < 1.29 is 0 Å². The first kappa shape index (κ1) is 9.96. The van der Waals surface area contributed by atoms with Crippen LogP contribution in [0, 0.1) is 13.8 Å². The Morgan fingerprint density at radius 3 is 2.76 bits per heavy atom. The predicted octanol–water partition coefficient (Wildman–Crippen LogP) is 2.43. The number of fused-ring (bicyclic) bond motifs is 1. The molecule has 17 heavy (non-hydrogen) atoms. The Morgan fingerprint density at radius 2 is 2.00 bits per heavy atom. The van der Waals surface area contributed by atoms with Crippen LogP contribution in [0.15, 0.2) is 36.8 Å². The Balaban J connectivity index is 2.32. The molecule has 0 aromatic carbocycles. The minimum atomic E-state index is 0.959. The second-order valence-corrected chi connectivity index (χ2v) is 4.00. The lowest BCUT2D eigenvalue weighted by atomic mass is 10.2. The molecule has 0 N–H and O–H groups in total. The summed E-state index contributed by atoms with van der Waals surface area (Å²) in [5.41, 5.74) is 4.03.